The van der Waals surface area contributed by atoms with Crippen molar-refractivity contribution < 1.29 is 14.6 Å². The van der Waals surface area contributed by atoms with E-state index in [2.05, 4.69) is 32.7 Å². The summed E-state index contributed by atoms with van der Waals surface area (Å²) in [6, 6.07) is 10.7. The first-order chi connectivity index (χ1) is 12.6. The molecule has 3 rings (SSSR count). The van der Waals surface area contributed by atoms with Crippen LogP contribution in [0.4, 0.5) is 5.69 Å². The minimum atomic E-state index is -0.215. The van der Waals surface area contributed by atoms with E-state index in [1.165, 1.54) is 13.3 Å². The van der Waals surface area contributed by atoms with E-state index in [9.17, 15) is 9.90 Å². The second-order valence-electron chi connectivity index (χ2n) is 5.47. The van der Waals surface area contributed by atoms with Crippen molar-refractivity contribution in [3.8, 4) is 11.5 Å². The van der Waals surface area contributed by atoms with Gasteiger partial charge >= 0.3 is 0 Å². The third-order valence-corrected chi connectivity index (χ3v) is 4.45. The van der Waals surface area contributed by atoms with Gasteiger partial charge in [-0.1, -0.05) is 24.3 Å². The van der Waals surface area contributed by atoms with Gasteiger partial charge in [0.15, 0.2) is 17.2 Å². The summed E-state index contributed by atoms with van der Waals surface area (Å²) in [6.07, 6.45) is 3.16. The van der Waals surface area contributed by atoms with Gasteiger partial charge in [0, 0.05) is 12.1 Å². The number of methoxy groups -OCH3 is 1. The zero-order chi connectivity index (χ0) is 18.7. The van der Waals surface area contributed by atoms with Crippen LogP contribution >= 0.6 is 15.9 Å². The second-order valence-corrected chi connectivity index (χ2v) is 6.32. The lowest BCUT2D eigenvalue weighted by molar-refractivity contribution is -0.112. The molecule has 0 spiro atoms. The number of aromatic hydroxyl groups is 1. The number of anilines is 1. The molecular formula is C19H16BrN3O3. The lowest BCUT2D eigenvalue weighted by Crippen LogP contribution is -2.30. The van der Waals surface area contributed by atoms with Crippen LogP contribution in [0.1, 0.15) is 11.1 Å². The van der Waals surface area contributed by atoms with Gasteiger partial charge in [-0.3, -0.25) is 4.79 Å². The summed E-state index contributed by atoms with van der Waals surface area (Å²) in [5.41, 5.74) is 2.47. The summed E-state index contributed by atoms with van der Waals surface area (Å²) in [5.74, 6) is 0.108. The summed E-state index contributed by atoms with van der Waals surface area (Å²) in [6.45, 7) is 4.09. The number of halogens is 1. The average molecular weight is 414 g/mol. The average Bonchev–Trinajstić information content (AvgIpc) is 2.90. The molecule has 0 aromatic heterocycles. The first kappa shape index (κ1) is 17.9. The first-order valence-corrected chi connectivity index (χ1v) is 8.55. The number of phenolic OH excluding ortho intramolecular Hbond substituents is 1. The topological polar surface area (TPSA) is 74.5 Å². The Morgan fingerprint density at radius 1 is 1.35 bits per heavy atom. The molecule has 1 aliphatic heterocycles. The van der Waals surface area contributed by atoms with Crippen LogP contribution in [0.15, 0.2) is 63.7 Å². The third-order valence-electron chi connectivity index (χ3n) is 3.84. The minimum absolute atomic E-state index is 0.0101. The van der Waals surface area contributed by atoms with Crippen molar-refractivity contribution >= 4 is 39.5 Å². The number of hydrogen-bond donors (Lipinski definition) is 1. The Hall–Kier alpha value is -2.93. The number of carbonyl (C=O) groups excluding carboxylic acids is 1. The van der Waals surface area contributed by atoms with Crippen molar-refractivity contribution in [2.24, 2.45) is 10.2 Å². The van der Waals surface area contributed by atoms with E-state index >= 15 is 0 Å². The van der Waals surface area contributed by atoms with E-state index in [-0.39, 0.29) is 17.4 Å². The summed E-state index contributed by atoms with van der Waals surface area (Å²) in [5, 5.41) is 18.0. The van der Waals surface area contributed by atoms with Gasteiger partial charge in [-0.2, -0.15) is 5.10 Å². The molecule has 1 N–H and O–H groups in total. The van der Waals surface area contributed by atoms with Crippen molar-refractivity contribution in [1.82, 2.24) is 0 Å². The molecule has 2 aromatic rings. The Morgan fingerprint density at radius 2 is 2.12 bits per heavy atom. The van der Waals surface area contributed by atoms with Crippen LogP contribution in [0.25, 0.3) is 0 Å². The van der Waals surface area contributed by atoms with Crippen LogP contribution in [-0.4, -0.2) is 36.6 Å². The molecule has 1 aliphatic rings. The largest absolute Gasteiger partial charge is 0.503 e. The standard InChI is InChI=1S/C19H16BrN3O3/c1-3-8-23-15-7-5-4-6-13(15)17(19(23)25)22-21-11-12-9-14(20)18(24)16(10-12)26-2/h3-7,9-11,24H,1,8H2,2H3/b21-11+,22-17-. The van der Waals surface area contributed by atoms with Crippen molar-refractivity contribution in [3.05, 3.63) is 64.7 Å². The molecule has 1 amide bonds. The van der Waals surface area contributed by atoms with E-state index in [1.54, 1.807) is 23.1 Å². The highest BCUT2D eigenvalue weighted by atomic mass is 79.9. The van der Waals surface area contributed by atoms with Crippen LogP contribution in [0.2, 0.25) is 0 Å². The van der Waals surface area contributed by atoms with Gasteiger partial charge in [-0.05, 0) is 39.7 Å². The molecule has 2 aromatic carbocycles. The van der Waals surface area contributed by atoms with Crippen LogP contribution in [0, 0.1) is 0 Å². The van der Waals surface area contributed by atoms with Crippen molar-refractivity contribution in [2.45, 2.75) is 0 Å². The fourth-order valence-corrected chi connectivity index (χ4v) is 3.11. The number of rotatable bonds is 5. The highest BCUT2D eigenvalue weighted by molar-refractivity contribution is 9.10. The third kappa shape index (κ3) is 3.25. The van der Waals surface area contributed by atoms with Gasteiger partial charge in [-0.25, -0.2) is 0 Å². The maximum absolute atomic E-state index is 12.6. The van der Waals surface area contributed by atoms with Gasteiger partial charge in [0.25, 0.3) is 5.91 Å². The smallest absolute Gasteiger partial charge is 0.279 e. The molecule has 6 nitrogen and oxygen atoms in total. The maximum Gasteiger partial charge on any atom is 0.279 e. The predicted octanol–water partition coefficient (Wildman–Crippen LogP) is 3.52. The van der Waals surface area contributed by atoms with Crippen molar-refractivity contribution in [3.63, 3.8) is 0 Å². The Kier molecular flexibility index (Phi) is 5.18. The van der Waals surface area contributed by atoms with E-state index in [4.69, 9.17) is 4.74 Å². The Balaban J connectivity index is 1.93. The molecule has 0 radical (unpaired) electrons. The molecular weight excluding hydrogens is 398 g/mol. The fraction of sp³-hybridized carbons (Fsp3) is 0.105. The SMILES string of the molecule is C=CCN1C(=O)/C(=N\N=C\c2cc(Br)c(O)c(OC)c2)c2ccccc21. The minimum Gasteiger partial charge on any atom is -0.503 e. The predicted molar refractivity (Wildman–Crippen MR) is 105 cm³/mol. The van der Waals surface area contributed by atoms with Crippen LogP contribution in [0.5, 0.6) is 11.5 Å². The molecule has 0 unspecified atom stereocenters. The number of para-hydroxylation sites is 1. The highest BCUT2D eigenvalue weighted by Gasteiger charge is 2.32. The number of benzene rings is 2. The summed E-state index contributed by atoms with van der Waals surface area (Å²) < 4.78 is 5.58. The molecule has 7 heteroatoms. The van der Waals surface area contributed by atoms with E-state index in [1.807, 2.05) is 24.3 Å². The summed E-state index contributed by atoms with van der Waals surface area (Å²) in [7, 11) is 1.46. The fourth-order valence-electron chi connectivity index (χ4n) is 2.65. The molecule has 26 heavy (non-hydrogen) atoms. The van der Waals surface area contributed by atoms with Crippen molar-refractivity contribution in [1.29, 1.82) is 0 Å². The van der Waals surface area contributed by atoms with Crippen LogP contribution in [-0.2, 0) is 4.79 Å². The zero-order valence-electron chi connectivity index (χ0n) is 14.0. The van der Waals surface area contributed by atoms with E-state index < -0.39 is 0 Å². The van der Waals surface area contributed by atoms with Crippen LogP contribution < -0.4 is 9.64 Å². The quantitative estimate of drug-likeness (QED) is 0.462. The van der Waals surface area contributed by atoms with Crippen molar-refractivity contribution in [2.75, 3.05) is 18.6 Å². The molecule has 0 fully saturated rings. The Labute approximate surface area is 159 Å². The molecule has 1 heterocycles. The molecule has 0 aliphatic carbocycles. The monoisotopic (exact) mass is 413 g/mol. The lowest BCUT2D eigenvalue weighted by atomic mass is 10.1. The number of phenols is 1. The number of nitrogens with zero attached hydrogens (tertiary/aromatic N) is 3. The normalized spacial score (nSPS) is 14.9. The van der Waals surface area contributed by atoms with Gasteiger partial charge in [-0.15, -0.1) is 11.7 Å². The maximum atomic E-state index is 12.6. The first-order valence-electron chi connectivity index (χ1n) is 7.76. The molecule has 132 valence electrons. The molecule has 0 atom stereocenters. The molecule has 0 saturated heterocycles. The number of hydrogen-bond acceptors (Lipinski definition) is 5. The number of ether oxygens (including phenoxy) is 1. The van der Waals surface area contributed by atoms with E-state index in [0.29, 0.717) is 22.3 Å². The van der Waals surface area contributed by atoms with Gasteiger partial charge < -0.3 is 14.7 Å². The Morgan fingerprint density at radius 3 is 2.85 bits per heavy atom. The number of amides is 1. The van der Waals surface area contributed by atoms with Gasteiger partial charge in [0.1, 0.15) is 0 Å². The number of carbonyl (C=O) groups is 1. The van der Waals surface area contributed by atoms with E-state index in [0.717, 1.165) is 11.3 Å². The summed E-state index contributed by atoms with van der Waals surface area (Å²) >= 11 is 3.25. The second kappa shape index (κ2) is 7.53. The van der Waals surface area contributed by atoms with Gasteiger partial charge in [0.2, 0.25) is 0 Å². The summed E-state index contributed by atoms with van der Waals surface area (Å²) in [4.78, 5) is 14.2. The highest BCUT2D eigenvalue weighted by Crippen LogP contribution is 2.34. The van der Waals surface area contributed by atoms with Crippen LogP contribution in [0.3, 0.4) is 0 Å². The molecule has 0 bridgehead atoms. The molecule has 0 saturated carbocycles. The lowest BCUT2D eigenvalue weighted by Gasteiger charge is -2.13. The number of fused-ring (bicyclic) bond motifs is 1. The zero-order valence-corrected chi connectivity index (χ0v) is 15.6. The Bertz CT molecular complexity index is 938. The van der Waals surface area contributed by atoms with Gasteiger partial charge in [0.05, 0.1) is 23.5 Å².